The molecule has 0 radical (unpaired) electrons. The molecule has 0 spiro atoms. The van der Waals surface area contributed by atoms with Gasteiger partial charge in [-0.1, -0.05) is 0 Å². The molecule has 1 amide bonds. The summed E-state index contributed by atoms with van der Waals surface area (Å²) in [6.07, 6.45) is 1.71. The molecule has 1 aromatic rings. The Morgan fingerprint density at radius 1 is 1.71 bits per heavy atom. The summed E-state index contributed by atoms with van der Waals surface area (Å²) in [7, 11) is 1.78. The highest BCUT2D eigenvalue weighted by Gasteiger charge is 2.06. The minimum absolute atomic E-state index is 0.175. The van der Waals surface area contributed by atoms with Crippen LogP contribution in [-0.2, 0) is 4.79 Å². The Bertz CT molecular complexity index is 354. The maximum Gasteiger partial charge on any atom is 0.236 e. The fourth-order valence-electron chi connectivity index (χ4n) is 1.05. The zero-order valence-corrected chi connectivity index (χ0v) is 9.71. The number of likely N-dealkylation sites (N-methyl/N-ethyl adjacent to an activating group) is 1. The lowest BCUT2D eigenvalue weighted by Crippen LogP contribution is -2.31. The van der Waals surface area contributed by atoms with Crippen molar-refractivity contribution in [3.63, 3.8) is 0 Å². The zero-order chi connectivity index (χ0) is 10.7. The number of aryl methyl sites for hydroxylation is 1. The molecule has 5 heteroatoms. The van der Waals surface area contributed by atoms with Gasteiger partial charge >= 0.3 is 0 Å². The average molecular weight is 258 g/mol. The van der Waals surface area contributed by atoms with E-state index < -0.39 is 0 Å². The topological polar surface area (TPSA) is 59.2 Å². The van der Waals surface area contributed by atoms with Gasteiger partial charge in [-0.25, -0.2) is 4.98 Å². The first-order valence-electron chi connectivity index (χ1n) is 4.12. The molecule has 2 N–H and O–H groups in total. The van der Waals surface area contributed by atoms with Gasteiger partial charge in [-0.05, 0) is 34.5 Å². The first-order valence-corrected chi connectivity index (χ1v) is 4.91. The summed E-state index contributed by atoms with van der Waals surface area (Å²) in [5, 5.41) is 0. The van der Waals surface area contributed by atoms with Crippen LogP contribution in [0.4, 0.5) is 5.82 Å². The van der Waals surface area contributed by atoms with Gasteiger partial charge in [0.15, 0.2) is 0 Å². The van der Waals surface area contributed by atoms with Crippen molar-refractivity contribution in [2.45, 2.75) is 6.92 Å². The summed E-state index contributed by atoms with van der Waals surface area (Å²) < 4.78 is 0.953. The molecule has 76 valence electrons. The first-order chi connectivity index (χ1) is 6.50. The average Bonchev–Trinajstić information content (AvgIpc) is 2.08. The Morgan fingerprint density at radius 3 is 2.86 bits per heavy atom. The molecule has 0 saturated heterocycles. The lowest BCUT2D eigenvalue weighted by Gasteiger charge is -2.16. The Morgan fingerprint density at radius 2 is 2.36 bits per heavy atom. The van der Waals surface area contributed by atoms with Crippen LogP contribution in [0.2, 0.25) is 0 Å². The lowest BCUT2D eigenvalue weighted by molar-refractivity contribution is -0.116. The van der Waals surface area contributed by atoms with Crippen molar-refractivity contribution in [3.8, 4) is 0 Å². The summed E-state index contributed by atoms with van der Waals surface area (Å²) >= 11 is 3.36. The fourth-order valence-corrected chi connectivity index (χ4v) is 1.26. The van der Waals surface area contributed by atoms with E-state index in [1.807, 2.05) is 13.0 Å². The molecule has 0 atom stereocenters. The van der Waals surface area contributed by atoms with Gasteiger partial charge in [0.25, 0.3) is 0 Å². The van der Waals surface area contributed by atoms with Gasteiger partial charge in [0, 0.05) is 17.7 Å². The molecule has 0 unspecified atom stereocenters. The highest BCUT2D eigenvalue weighted by Crippen LogP contribution is 2.18. The van der Waals surface area contributed by atoms with E-state index in [1.165, 1.54) is 0 Å². The number of pyridine rings is 1. The third-order valence-electron chi connectivity index (χ3n) is 1.82. The predicted molar refractivity (Wildman–Crippen MR) is 59.1 cm³/mol. The number of anilines is 1. The van der Waals surface area contributed by atoms with Gasteiger partial charge in [0.05, 0.1) is 6.54 Å². The maximum atomic E-state index is 10.7. The van der Waals surface area contributed by atoms with Crippen LogP contribution in [0.25, 0.3) is 0 Å². The van der Waals surface area contributed by atoms with E-state index in [9.17, 15) is 4.79 Å². The third-order valence-corrected chi connectivity index (χ3v) is 2.65. The summed E-state index contributed by atoms with van der Waals surface area (Å²) in [5.41, 5.74) is 6.16. The second-order valence-electron chi connectivity index (χ2n) is 3.11. The van der Waals surface area contributed by atoms with E-state index in [0.29, 0.717) is 0 Å². The van der Waals surface area contributed by atoms with Crippen molar-refractivity contribution in [1.82, 2.24) is 4.98 Å². The molecule has 0 aliphatic heterocycles. The smallest absolute Gasteiger partial charge is 0.236 e. The van der Waals surface area contributed by atoms with Crippen LogP contribution in [0.1, 0.15) is 5.56 Å². The number of halogens is 1. The van der Waals surface area contributed by atoms with E-state index in [0.717, 1.165) is 15.9 Å². The standard InChI is InChI=1S/C9H12BrN3O/c1-6-3-9(12-4-7(6)10)13(2)5-8(11)14/h3-4H,5H2,1-2H3,(H2,11,14). The van der Waals surface area contributed by atoms with Crippen LogP contribution in [0.15, 0.2) is 16.7 Å². The monoisotopic (exact) mass is 257 g/mol. The van der Waals surface area contributed by atoms with Crippen molar-refractivity contribution in [2.24, 2.45) is 5.73 Å². The summed E-state index contributed by atoms with van der Waals surface area (Å²) in [4.78, 5) is 16.6. The number of nitrogens with two attached hydrogens (primary N) is 1. The van der Waals surface area contributed by atoms with Crippen LogP contribution in [-0.4, -0.2) is 24.5 Å². The van der Waals surface area contributed by atoms with Crippen LogP contribution < -0.4 is 10.6 Å². The lowest BCUT2D eigenvalue weighted by atomic mass is 10.3. The number of carbonyl (C=O) groups is 1. The van der Waals surface area contributed by atoms with Crippen LogP contribution in [0.5, 0.6) is 0 Å². The van der Waals surface area contributed by atoms with Crippen molar-refractivity contribution in [1.29, 1.82) is 0 Å². The molecule has 4 nitrogen and oxygen atoms in total. The normalized spacial score (nSPS) is 9.93. The highest BCUT2D eigenvalue weighted by molar-refractivity contribution is 9.10. The van der Waals surface area contributed by atoms with E-state index >= 15 is 0 Å². The van der Waals surface area contributed by atoms with E-state index in [2.05, 4.69) is 20.9 Å². The van der Waals surface area contributed by atoms with E-state index in [4.69, 9.17) is 5.73 Å². The van der Waals surface area contributed by atoms with Gasteiger partial charge in [0.1, 0.15) is 5.82 Å². The second-order valence-corrected chi connectivity index (χ2v) is 3.97. The Labute approximate surface area is 91.2 Å². The minimum Gasteiger partial charge on any atom is -0.368 e. The van der Waals surface area contributed by atoms with Crippen molar-refractivity contribution in [3.05, 3.63) is 22.3 Å². The van der Waals surface area contributed by atoms with Gasteiger partial charge in [-0.3, -0.25) is 4.79 Å². The number of primary amides is 1. The molecule has 1 rings (SSSR count). The first kappa shape index (κ1) is 11.0. The number of rotatable bonds is 3. The van der Waals surface area contributed by atoms with Gasteiger partial charge in [-0.2, -0.15) is 0 Å². The molecule has 0 fully saturated rings. The summed E-state index contributed by atoms with van der Waals surface area (Å²) in [6, 6.07) is 1.90. The number of amides is 1. The number of carbonyl (C=O) groups excluding carboxylic acids is 1. The molecule has 0 bridgehead atoms. The Hall–Kier alpha value is -1.10. The van der Waals surface area contributed by atoms with E-state index in [-0.39, 0.29) is 12.5 Å². The maximum absolute atomic E-state index is 10.7. The highest BCUT2D eigenvalue weighted by atomic mass is 79.9. The third kappa shape index (κ3) is 2.70. The van der Waals surface area contributed by atoms with Gasteiger partial charge < -0.3 is 10.6 Å². The number of nitrogens with zero attached hydrogens (tertiary/aromatic N) is 2. The fraction of sp³-hybridized carbons (Fsp3) is 0.333. The summed E-state index contributed by atoms with van der Waals surface area (Å²) in [6.45, 7) is 2.14. The van der Waals surface area contributed by atoms with E-state index in [1.54, 1.807) is 18.1 Å². The zero-order valence-electron chi connectivity index (χ0n) is 8.12. The second kappa shape index (κ2) is 4.41. The van der Waals surface area contributed by atoms with Crippen molar-refractivity contribution >= 4 is 27.7 Å². The molecule has 0 aromatic carbocycles. The molecule has 0 aliphatic carbocycles. The molecule has 1 heterocycles. The molecular formula is C9H12BrN3O. The quantitative estimate of drug-likeness (QED) is 0.882. The predicted octanol–water partition coefficient (Wildman–Crippen LogP) is 1.07. The van der Waals surface area contributed by atoms with Crippen LogP contribution >= 0.6 is 15.9 Å². The van der Waals surface area contributed by atoms with Crippen LogP contribution in [0.3, 0.4) is 0 Å². The molecule has 1 aromatic heterocycles. The SMILES string of the molecule is Cc1cc(N(C)CC(N)=O)ncc1Br. The minimum atomic E-state index is -0.366. The van der Waals surface area contributed by atoms with Crippen molar-refractivity contribution in [2.75, 3.05) is 18.5 Å². The molecular weight excluding hydrogens is 246 g/mol. The van der Waals surface area contributed by atoms with Gasteiger partial charge in [-0.15, -0.1) is 0 Å². The largest absolute Gasteiger partial charge is 0.368 e. The summed E-state index contributed by atoms with van der Waals surface area (Å²) in [5.74, 6) is 0.374. The molecule has 14 heavy (non-hydrogen) atoms. The number of aromatic nitrogens is 1. The Balaban J connectivity index is 2.85. The van der Waals surface area contributed by atoms with Crippen LogP contribution in [0, 0.1) is 6.92 Å². The Kier molecular flexibility index (Phi) is 3.46. The van der Waals surface area contributed by atoms with Gasteiger partial charge in [0.2, 0.25) is 5.91 Å². The number of hydrogen-bond donors (Lipinski definition) is 1. The molecule has 0 saturated carbocycles. The molecule has 0 aliphatic rings. The van der Waals surface area contributed by atoms with Crippen molar-refractivity contribution < 1.29 is 4.79 Å². The number of hydrogen-bond acceptors (Lipinski definition) is 3.